The lowest BCUT2D eigenvalue weighted by atomic mass is 10.1. The van der Waals surface area contributed by atoms with E-state index >= 15 is 0 Å². The van der Waals surface area contributed by atoms with E-state index < -0.39 is 17.5 Å². The van der Waals surface area contributed by atoms with Gasteiger partial charge in [0.05, 0.1) is 17.3 Å². The molecular weight excluding hydrogens is 273 g/mol. The van der Waals surface area contributed by atoms with Crippen LogP contribution in [0.4, 0.5) is 13.2 Å². The van der Waals surface area contributed by atoms with Gasteiger partial charge in [-0.25, -0.2) is 18.2 Å². The number of rotatable bonds is 2. The summed E-state index contributed by atoms with van der Waals surface area (Å²) in [6, 6.07) is 1.50. The summed E-state index contributed by atoms with van der Waals surface area (Å²) >= 11 is 1.17. The largest absolute Gasteiger partial charge is 0.309 e. The van der Waals surface area contributed by atoms with E-state index in [0.29, 0.717) is 12.1 Å². The minimum absolute atomic E-state index is 0.150. The molecule has 1 aliphatic heterocycles. The Kier molecular flexibility index (Phi) is 3.28. The van der Waals surface area contributed by atoms with E-state index in [2.05, 4.69) is 10.3 Å². The van der Waals surface area contributed by atoms with Crippen LogP contribution in [0, 0.1) is 17.5 Å². The Balaban J connectivity index is 1.98. The molecule has 1 aromatic heterocycles. The first-order chi connectivity index (χ1) is 9.15. The van der Waals surface area contributed by atoms with E-state index in [1.807, 2.05) is 0 Å². The van der Waals surface area contributed by atoms with Crippen LogP contribution in [0.25, 0.3) is 10.6 Å². The summed E-state index contributed by atoms with van der Waals surface area (Å²) in [4.78, 5) is 4.27. The Bertz CT molecular complexity index is 583. The summed E-state index contributed by atoms with van der Waals surface area (Å²) in [6.07, 6.45) is 2.04. The summed E-state index contributed by atoms with van der Waals surface area (Å²) < 4.78 is 40.2. The number of nitrogens with zero attached hydrogens (tertiary/aromatic N) is 1. The van der Waals surface area contributed by atoms with Gasteiger partial charge in [-0.1, -0.05) is 0 Å². The van der Waals surface area contributed by atoms with Crippen LogP contribution in [-0.2, 0) is 0 Å². The topological polar surface area (TPSA) is 24.9 Å². The normalized spacial score (nSPS) is 19.0. The molecule has 0 bridgehead atoms. The van der Waals surface area contributed by atoms with Crippen LogP contribution in [0.3, 0.4) is 0 Å². The van der Waals surface area contributed by atoms with E-state index in [0.717, 1.165) is 25.1 Å². The van der Waals surface area contributed by atoms with E-state index in [-0.39, 0.29) is 16.6 Å². The van der Waals surface area contributed by atoms with Crippen molar-refractivity contribution in [2.45, 2.75) is 18.9 Å². The summed E-state index contributed by atoms with van der Waals surface area (Å²) in [6.45, 7) is 0.927. The molecular formula is C13H11F3N2S. The highest BCUT2D eigenvalue weighted by Crippen LogP contribution is 2.32. The van der Waals surface area contributed by atoms with Gasteiger partial charge in [0, 0.05) is 17.5 Å². The Morgan fingerprint density at radius 3 is 2.58 bits per heavy atom. The fourth-order valence-electron chi connectivity index (χ4n) is 2.24. The first kappa shape index (κ1) is 12.6. The van der Waals surface area contributed by atoms with Crippen LogP contribution in [-0.4, -0.2) is 11.5 Å². The maximum Gasteiger partial charge on any atom is 0.139 e. The molecule has 1 N–H and O–H groups in total. The molecule has 1 saturated heterocycles. The zero-order valence-corrected chi connectivity index (χ0v) is 10.7. The quantitative estimate of drug-likeness (QED) is 0.910. The van der Waals surface area contributed by atoms with E-state index in [1.165, 1.54) is 11.3 Å². The Morgan fingerprint density at radius 1 is 1.21 bits per heavy atom. The van der Waals surface area contributed by atoms with Gasteiger partial charge in [-0.3, -0.25) is 0 Å². The van der Waals surface area contributed by atoms with Crippen molar-refractivity contribution in [3.63, 3.8) is 0 Å². The predicted octanol–water partition coefficient (Wildman–Crippen LogP) is 3.65. The summed E-state index contributed by atoms with van der Waals surface area (Å²) in [5.41, 5.74) is 0.538. The number of nitrogens with one attached hydrogen (secondary N) is 1. The van der Waals surface area contributed by atoms with E-state index in [4.69, 9.17) is 0 Å². The van der Waals surface area contributed by atoms with Gasteiger partial charge >= 0.3 is 0 Å². The highest BCUT2D eigenvalue weighted by atomic mass is 32.1. The average Bonchev–Trinajstić information content (AvgIpc) is 2.97. The number of benzene rings is 1. The van der Waals surface area contributed by atoms with Crippen molar-refractivity contribution < 1.29 is 13.2 Å². The Morgan fingerprint density at radius 2 is 1.95 bits per heavy atom. The molecule has 1 unspecified atom stereocenters. The molecule has 1 aromatic carbocycles. The van der Waals surface area contributed by atoms with Crippen molar-refractivity contribution in [2.75, 3.05) is 6.54 Å². The molecule has 0 amide bonds. The summed E-state index contributed by atoms with van der Waals surface area (Å²) in [5.74, 6) is -2.76. The van der Waals surface area contributed by atoms with Gasteiger partial charge < -0.3 is 5.32 Å². The first-order valence-corrected chi connectivity index (χ1v) is 6.87. The summed E-state index contributed by atoms with van der Waals surface area (Å²) in [5, 5.41) is 5.31. The van der Waals surface area contributed by atoms with Gasteiger partial charge in [0.1, 0.15) is 22.5 Å². The number of aromatic nitrogens is 1. The molecule has 3 rings (SSSR count). The first-order valence-electron chi connectivity index (χ1n) is 5.99. The Hall–Kier alpha value is -1.40. The molecule has 0 radical (unpaired) electrons. The zero-order chi connectivity index (χ0) is 13.4. The highest BCUT2D eigenvalue weighted by Gasteiger charge is 2.22. The third-order valence-corrected chi connectivity index (χ3v) is 4.04. The van der Waals surface area contributed by atoms with Crippen LogP contribution in [0.1, 0.15) is 24.6 Å². The molecule has 2 nitrogen and oxygen atoms in total. The molecule has 2 heterocycles. The lowest BCUT2D eigenvalue weighted by Crippen LogP contribution is -2.13. The molecule has 1 atom stereocenters. The second-order valence-corrected chi connectivity index (χ2v) is 5.33. The number of halogens is 3. The van der Waals surface area contributed by atoms with Gasteiger partial charge in [0.25, 0.3) is 0 Å². The molecule has 100 valence electrons. The van der Waals surface area contributed by atoms with Crippen molar-refractivity contribution in [1.82, 2.24) is 10.3 Å². The number of hydrogen-bond acceptors (Lipinski definition) is 3. The van der Waals surface area contributed by atoms with Gasteiger partial charge in [0.2, 0.25) is 0 Å². The SMILES string of the molecule is Fc1cc(F)c(-c2nc(C3CCCN3)cs2)c(F)c1. The second-order valence-electron chi connectivity index (χ2n) is 4.47. The molecule has 1 fully saturated rings. The van der Waals surface area contributed by atoms with E-state index in [1.54, 1.807) is 5.38 Å². The monoisotopic (exact) mass is 284 g/mol. The molecule has 0 spiro atoms. The molecule has 0 saturated carbocycles. The highest BCUT2D eigenvalue weighted by molar-refractivity contribution is 7.13. The number of hydrogen-bond donors (Lipinski definition) is 1. The maximum atomic E-state index is 13.7. The van der Waals surface area contributed by atoms with Crippen LogP contribution < -0.4 is 5.32 Å². The minimum Gasteiger partial charge on any atom is -0.309 e. The van der Waals surface area contributed by atoms with E-state index in [9.17, 15) is 13.2 Å². The number of thiazole rings is 1. The van der Waals surface area contributed by atoms with Crippen LogP contribution in [0.15, 0.2) is 17.5 Å². The Labute approximate surface area is 112 Å². The van der Waals surface area contributed by atoms with Crippen molar-refractivity contribution >= 4 is 11.3 Å². The summed E-state index contributed by atoms with van der Waals surface area (Å²) in [7, 11) is 0. The molecule has 2 aromatic rings. The second kappa shape index (κ2) is 4.94. The van der Waals surface area contributed by atoms with Crippen molar-refractivity contribution in [1.29, 1.82) is 0 Å². The van der Waals surface area contributed by atoms with Gasteiger partial charge in [-0.2, -0.15) is 0 Å². The van der Waals surface area contributed by atoms with Crippen LogP contribution >= 0.6 is 11.3 Å². The fraction of sp³-hybridized carbons (Fsp3) is 0.308. The van der Waals surface area contributed by atoms with Crippen LogP contribution in [0.2, 0.25) is 0 Å². The van der Waals surface area contributed by atoms with Gasteiger partial charge in [-0.05, 0) is 19.4 Å². The smallest absolute Gasteiger partial charge is 0.139 e. The average molecular weight is 284 g/mol. The molecule has 6 heteroatoms. The lowest BCUT2D eigenvalue weighted by Gasteiger charge is -2.05. The minimum atomic E-state index is -0.923. The van der Waals surface area contributed by atoms with Crippen molar-refractivity contribution in [2.24, 2.45) is 0 Å². The molecule has 1 aliphatic rings. The standard InChI is InChI=1S/C13H11F3N2S/c14-7-4-8(15)12(9(16)5-7)13-18-11(6-19-13)10-2-1-3-17-10/h4-6,10,17H,1-3H2. The molecule has 0 aliphatic carbocycles. The van der Waals surface area contributed by atoms with Gasteiger partial charge in [-0.15, -0.1) is 11.3 Å². The van der Waals surface area contributed by atoms with Gasteiger partial charge in [0.15, 0.2) is 0 Å². The van der Waals surface area contributed by atoms with Crippen molar-refractivity contribution in [3.8, 4) is 10.6 Å². The zero-order valence-electron chi connectivity index (χ0n) is 9.92. The third kappa shape index (κ3) is 2.37. The predicted molar refractivity (Wildman–Crippen MR) is 67.4 cm³/mol. The lowest BCUT2D eigenvalue weighted by molar-refractivity contribution is 0.547. The third-order valence-electron chi connectivity index (χ3n) is 3.16. The fourth-order valence-corrected chi connectivity index (χ4v) is 3.16. The van der Waals surface area contributed by atoms with Crippen LogP contribution in [0.5, 0.6) is 0 Å². The van der Waals surface area contributed by atoms with Crippen molar-refractivity contribution in [3.05, 3.63) is 40.7 Å². The maximum absolute atomic E-state index is 13.7. The molecule has 19 heavy (non-hydrogen) atoms.